The largest absolute Gasteiger partial charge is 0.427 e. The van der Waals surface area contributed by atoms with Gasteiger partial charge in [-0.1, -0.05) is 30.3 Å². The topological polar surface area (TPSA) is 84.5 Å². The van der Waals surface area contributed by atoms with Gasteiger partial charge in [-0.25, -0.2) is 0 Å². The summed E-state index contributed by atoms with van der Waals surface area (Å²) in [6.07, 6.45) is 1.09. The summed E-state index contributed by atoms with van der Waals surface area (Å²) in [6, 6.07) is 14.4. The van der Waals surface area contributed by atoms with E-state index in [-0.39, 0.29) is 11.8 Å². The van der Waals surface area contributed by atoms with Gasteiger partial charge in [0.1, 0.15) is 5.75 Å². The number of hydrogen-bond acceptors (Lipinski definition) is 4. The first-order valence-electron chi connectivity index (χ1n) is 8.83. The van der Waals surface area contributed by atoms with Crippen LogP contribution in [0.25, 0.3) is 0 Å². The van der Waals surface area contributed by atoms with Crippen molar-refractivity contribution < 1.29 is 19.1 Å². The molecule has 0 unspecified atom stereocenters. The molecule has 2 aromatic carbocycles. The predicted molar refractivity (Wildman–Crippen MR) is 103 cm³/mol. The van der Waals surface area contributed by atoms with Crippen LogP contribution in [0.2, 0.25) is 0 Å². The molecule has 6 heteroatoms. The molecule has 0 aliphatic rings. The third-order valence-corrected chi connectivity index (χ3v) is 3.97. The molecule has 2 rings (SSSR count). The number of benzene rings is 2. The molecule has 0 heterocycles. The van der Waals surface area contributed by atoms with E-state index in [9.17, 15) is 14.4 Å². The molecule has 0 atom stereocenters. The molecule has 0 saturated carbocycles. The third-order valence-electron chi connectivity index (χ3n) is 3.97. The zero-order valence-corrected chi connectivity index (χ0v) is 15.6. The van der Waals surface area contributed by atoms with Crippen molar-refractivity contribution in [3.05, 3.63) is 65.2 Å². The molecular formula is C21H24N2O4. The van der Waals surface area contributed by atoms with Crippen molar-refractivity contribution >= 4 is 17.8 Å². The number of nitrogens with one attached hydrogen (secondary N) is 2. The average molecular weight is 368 g/mol. The molecule has 6 nitrogen and oxygen atoms in total. The van der Waals surface area contributed by atoms with E-state index in [0.29, 0.717) is 37.2 Å². The molecule has 0 aromatic heterocycles. The summed E-state index contributed by atoms with van der Waals surface area (Å²) in [7, 11) is 0. The van der Waals surface area contributed by atoms with E-state index >= 15 is 0 Å². The summed E-state index contributed by atoms with van der Waals surface area (Å²) in [5.74, 6) is -0.469. The number of ether oxygens (including phenoxy) is 1. The summed E-state index contributed by atoms with van der Waals surface area (Å²) < 4.78 is 4.96. The van der Waals surface area contributed by atoms with E-state index in [1.165, 1.54) is 18.6 Å². The van der Waals surface area contributed by atoms with Crippen molar-refractivity contribution in [2.75, 3.05) is 13.1 Å². The van der Waals surface area contributed by atoms with Crippen molar-refractivity contribution in [1.82, 2.24) is 10.6 Å². The smallest absolute Gasteiger partial charge is 0.308 e. The molecule has 0 saturated heterocycles. The monoisotopic (exact) mass is 368 g/mol. The Morgan fingerprint density at radius 3 is 2.44 bits per heavy atom. The molecule has 0 aliphatic carbocycles. The Balaban J connectivity index is 1.70. The Labute approximate surface area is 158 Å². The fourth-order valence-corrected chi connectivity index (χ4v) is 2.57. The molecular weight excluding hydrogens is 344 g/mol. The van der Waals surface area contributed by atoms with E-state index in [4.69, 9.17) is 4.74 Å². The minimum absolute atomic E-state index is 0.0515. The Morgan fingerprint density at radius 2 is 1.70 bits per heavy atom. The first kappa shape index (κ1) is 20.2. The number of hydrogen-bond donors (Lipinski definition) is 2. The summed E-state index contributed by atoms with van der Waals surface area (Å²) >= 11 is 0. The number of amides is 2. The normalized spacial score (nSPS) is 10.1. The highest BCUT2D eigenvalue weighted by molar-refractivity contribution is 5.94. The minimum atomic E-state index is -0.444. The van der Waals surface area contributed by atoms with Crippen LogP contribution >= 0.6 is 0 Å². The number of aryl methyl sites for hydroxylation is 2. The Kier molecular flexibility index (Phi) is 7.55. The first-order valence-corrected chi connectivity index (χ1v) is 8.83. The van der Waals surface area contributed by atoms with Crippen LogP contribution in [0.1, 0.15) is 34.8 Å². The van der Waals surface area contributed by atoms with E-state index in [1.54, 1.807) is 18.2 Å². The number of carbonyl (C=O) groups excluding carboxylic acids is 3. The summed E-state index contributed by atoms with van der Waals surface area (Å²) in [5, 5.41) is 5.52. The van der Waals surface area contributed by atoms with Crippen LogP contribution in [-0.2, 0) is 16.0 Å². The second kappa shape index (κ2) is 10.1. The maximum atomic E-state index is 12.1. The van der Waals surface area contributed by atoms with Crippen LogP contribution in [0.15, 0.2) is 48.5 Å². The fourth-order valence-electron chi connectivity index (χ4n) is 2.57. The predicted octanol–water partition coefficient (Wildman–Crippen LogP) is 2.40. The van der Waals surface area contributed by atoms with E-state index in [0.717, 1.165) is 5.56 Å². The molecule has 0 spiro atoms. The third kappa shape index (κ3) is 6.93. The van der Waals surface area contributed by atoms with Gasteiger partial charge < -0.3 is 15.4 Å². The van der Waals surface area contributed by atoms with Gasteiger partial charge in [-0.15, -0.1) is 0 Å². The standard InChI is InChI=1S/C21H24N2O4/c1-15-6-3-4-7-17(15)10-11-20(25)22-12-13-23-21(26)18-8-5-9-19(14-18)27-16(2)24/h3-9,14H,10-13H2,1-2H3,(H,22,25)(H,23,26). The lowest BCUT2D eigenvalue weighted by Gasteiger charge is -2.09. The number of carbonyl (C=O) groups is 3. The lowest BCUT2D eigenvalue weighted by Crippen LogP contribution is -2.34. The van der Waals surface area contributed by atoms with Crippen LogP contribution < -0.4 is 15.4 Å². The first-order chi connectivity index (χ1) is 13.0. The summed E-state index contributed by atoms with van der Waals surface area (Å²) in [5.41, 5.74) is 2.72. The highest BCUT2D eigenvalue weighted by Crippen LogP contribution is 2.13. The van der Waals surface area contributed by atoms with Gasteiger partial charge in [0.15, 0.2) is 0 Å². The van der Waals surface area contributed by atoms with E-state index < -0.39 is 5.97 Å². The zero-order chi connectivity index (χ0) is 19.6. The molecule has 0 radical (unpaired) electrons. The van der Waals surface area contributed by atoms with Crippen molar-refractivity contribution in [2.24, 2.45) is 0 Å². The average Bonchev–Trinajstić information content (AvgIpc) is 2.64. The molecule has 2 N–H and O–H groups in total. The number of rotatable bonds is 8. The Bertz CT molecular complexity index is 817. The van der Waals surface area contributed by atoms with Crippen molar-refractivity contribution in [3.63, 3.8) is 0 Å². The molecule has 27 heavy (non-hydrogen) atoms. The van der Waals surface area contributed by atoms with Gasteiger partial charge in [-0.2, -0.15) is 0 Å². The van der Waals surface area contributed by atoms with Crippen LogP contribution in [0, 0.1) is 6.92 Å². The minimum Gasteiger partial charge on any atom is -0.427 e. The van der Waals surface area contributed by atoms with Gasteiger partial charge in [0.2, 0.25) is 5.91 Å². The highest BCUT2D eigenvalue weighted by atomic mass is 16.5. The van der Waals surface area contributed by atoms with Crippen LogP contribution in [0.3, 0.4) is 0 Å². The van der Waals surface area contributed by atoms with Crippen LogP contribution in [0.4, 0.5) is 0 Å². The van der Waals surface area contributed by atoms with Crippen LogP contribution in [0.5, 0.6) is 5.75 Å². The fraction of sp³-hybridized carbons (Fsp3) is 0.286. The van der Waals surface area contributed by atoms with Gasteiger partial charge in [0.05, 0.1) is 0 Å². The maximum absolute atomic E-state index is 12.1. The van der Waals surface area contributed by atoms with Gasteiger partial charge >= 0.3 is 5.97 Å². The van der Waals surface area contributed by atoms with Crippen molar-refractivity contribution in [3.8, 4) is 5.75 Å². The second-order valence-electron chi connectivity index (χ2n) is 6.15. The molecule has 0 fully saturated rings. The van der Waals surface area contributed by atoms with E-state index in [2.05, 4.69) is 10.6 Å². The SMILES string of the molecule is CC(=O)Oc1cccc(C(=O)NCCNC(=O)CCc2ccccc2C)c1. The summed E-state index contributed by atoms with van der Waals surface area (Å²) in [6.45, 7) is 3.99. The van der Waals surface area contributed by atoms with Crippen molar-refractivity contribution in [1.29, 1.82) is 0 Å². The molecule has 2 aromatic rings. The molecule has 142 valence electrons. The van der Waals surface area contributed by atoms with Crippen molar-refractivity contribution in [2.45, 2.75) is 26.7 Å². The van der Waals surface area contributed by atoms with Gasteiger partial charge in [-0.3, -0.25) is 14.4 Å². The second-order valence-corrected chi connectivity index (χ2v) is 6.15. The molecule has 2 amide bonds. The molecule has 0 aliphatic heterocycles. The van der Waals surface area contributed by atoms with Crippen LogP contribution in [-0.4, -0.2) is 30.9 Å². The summed E-state index contributed by atoms with van der Waals surface area (Å²) in [4.78, 5) is 35.0. The van der Waals surface area contributed by atoms with E-state index in [1.807, 2.05) is 31.2 Å². The van der Waals surface area contributed by atoms with Gasteiger partial charge in [-0.05, 0) is 42.7 Å². The zero-order valence-electron chi connectivity index (χ0n) is 15.6. The van der Waals surface area contributed by atoms with Gasteiger partial charge in [0.25, 0.3) is 5.91 Å². The number of esters is 1. The maximum Gasteiger partial charge on any atom is 0.308 e. The Hall–Kier alpha value is -3.15. The lowest BCUT2D eigenvalue weighted by molar-refractivity contribution is -0.131. The molecule has 0 bridgehead atoms. The van der Waals surface area contributed by atoms with Gasteiger partial charge in [0, 0.05) is 32.0 Å². The highest BCUT2D eigenvalue weighted by Gasteiger charge is 2.08. The Morgan fingerprint density at radius 1 is 0.963 bits per heavy atom. The lowest BCUT2D eigenvalue weighted by atomic mass is 10.0. The quantitative estimate of drug-likeness (QED) is 0.426.